The summed E-state index contributed by atoms with van der Waals surface area (Å²) in [6, 6.07) is 1.97. The van der Waals surface area contributed by atoms with E-state index < -0.39 is 0 Å². The van der Waals surface area contributed by atoms with Crippen LogP contribution in [0, 0.1) is 0 Å². The fraction of sp³-hybridized carbons (Fsp3) is 0.688. The average Bonchev–Trinajstić information content (AvgIpc) is 2.88. The fourth-order valence-electron chi connectivity index (χ4n) is 3.23. The number of anilines is 2. The van der Waals surface area contributed by atoms with Crippen molar-refractivity contribution in [3.63, 3.8) is 0 Å². The maximum Gasteiger partial charge on any atom is 0.224 e. The molecule has 1 atom stereocenters. The first-order valence-corrected chi connectivity index (χ1v) is 8.46. The summed E-state index contributed by atoms with van der Waals surface area (Å²) in [6.45, 7) is 5.23. The Morgan fingerprint density at radius 2 is 2.17 bits per heavy atom. The van der Waals surface area contributed by atoms with Gasteiger partial charge in [-0.1, -0.05) is 6.92 Å². The van der Waals surface area contributed by atoms with Gasteiger partial charge in [0.15, 0.2) is 0 Å². The topological polar surface area (TPSA) is 81.6 Å². The van der Waals surface area contributed by atoms with Crippen LogP contribution in [0.3, 0.4) is 0 Å². The zero-order chi connectivity index (χ0) is 16.2. The Morgan fingerprint density at radius 1 is 1.39 bits per heavy atom. The van der Waals surface area contributed by atoms with Gasteiger partial charge in [0.1, 0.15) is 5.82 Å². The minimum absolute atomic E-state index is 0.0764. The second-order valence-corrected chi connectivity index (χ2v) is 6.34. The molecule has 23 heavy (non-hydrogen) atoms. The van der Waals surface area contributed by atoms with Crippen molar-refractivity contribution < 1.29 is 9.90 Å². The van der Waals surface area contributed by atoms with Gasteiger partial charge in [-0.05, 0) is 25.3 Å². The Bertz CT molecular complexity index is 545. The van der Waals surface area contributed by atoms with E-state index in [0.717, 1.165) is 51.3 Å². The molecule has 7 heteroatoms. The summed E-state index contributed by atoms with van der Waals surface area (Å²) < 4.78 is 0. The van der Waals surface area contributed by atoms with Crippen LogP contribution < -0.4 is 10.2 Å². The molecule has 2 saturated heterocycles. The van der Waals surface area contributed by atoms with Gasteiger partial charge in [-0.25, -0.2) is 4.98 Å². The molecule has 3 rings (SSSR count). The van der Waals surface area contributed by atoms with Gasteiger partial charge in [-0.2, -0.15) is 4.98 Å². The van der Waals surface area contributed by atoms with Crippen LogP contribution >= 0.6 is 0 Å². The first-order chi connectivity index (χ1) is 11.2. The number of carbonyl (C=O) groups is 1. The number of aromatic nitrogens is 2. The molecular weight excluding hydrogens is 294 g/mol. The van der Waals surface area contributed by atoms with Crippen LogP contribution in [0.2, 0.25) is 0 Å². The van der Waals surface area contributed by atoms with E-state index in [0.29, 0.717) is 12.4 Å². The highest BCUT2D eigenvalue weighted by atomic mass is 16.3. The van der Waals surface area contributed by atoms with E-state index >= 15 is 0 Å². The summed E-state index contributed by atoms with van der Waals surface area (Å²) in [6.07, 6.45) is 4.58. The van der Waals surface area contributed by atoms with Crippen molar-refractivity contribution >= 4 is 17.7 Å². The predicted octanol–water partition coefficient (Wildman–Crippen LogP) is 0.860. The van der Waals surface area contributed by atoms with Gasteiger partial charge in [0, 0.05) is 38.8 Å². The van der Waals surface area contributed by atoms with Crippen LogP contribution in [0.4, 0.5) is 11.8 Å². The minimum atomic E-state index is -0.195. The monoisotopic (exact) mass is 319 g/mol. The predicted molar refractivity (Wildman–Crippen MR) is 88.4 cm³/mol. The van der Waals surface area contributed by atoms with Crippen molar-refractivity contribution in [3.05, 3.63) is 12.3 Å². The molecule has 0 aromatic carbocycles. The van der Waals surface area contributed by atoms with E-state index in [9.17, 15) is 9.90 Å². The number of nitrogens with zero attached hydrogens (tertiary/aromatic N) is 4. The summed E-state index contributed by atoms with van der Waals surface area (Å²) >= 11 is 0. The number of nitrogens with one attached hydrogen (secondary N) is 1. The molecule has 1 aromatic rings. The van der Waals surface area contributed by atoms with E-state index in [1.807, 2.05) is 11.0 Å². The van der Waals surface area contributed by atoms with Crippen LogP contribution in [-0.2, 0) is 4.79 Å². The smallest absolute Gasteiger partial charge is 0.224 e. The molecule has 1 aromatic heterocycles. The van der Waals surface area contributed by atoms with Gasteiger partial charge in [0.05, 0.1) is 12.1 Å². The van der Waals surface area contributed by atoms with Gasteiger partial charge in [-0.15, -0.1) is 0 Å². The third-order valence-electron chi connectivity index (χ3n) is 4.47. The van der Waals surface area contributed by atoms with E-state index in [2.05, 4.69) is 27.1 Å². The van der Waals surface area contributed by atoms with Crippen molar-refractivity contribution in [1.29, 1.82) is 0 Å². The van der Waals surface area contributed by atoms with Crippen molar-refractivity contribution in [2.24, 2.45) is 0 Å². The number of amides is 1. The number of hydrogen-bond donors (Lipinski definition) is 2. The largest absolute Gasteiger partial charge is 0.393 e. The number of aliphatic hydroxyl groups excluding tert-OH is 1. The van der Waals surface area contributed by atoms with E-state index in [4.69, 9.17) is 0 Å². The number of piperidine rings is 1. The molecule has 0 saturated carbocycles. The highest BCUT2D eigenvalue weighted by molar-refractivity contribution is 5.79. The fourth-order valence-corrected chi connectivity index (χ4v) is 3.23. The number of hydrogen-bond acceptors (Lipinski definition) is 6. The van der Waals surface area contributed by atoms with E-state index in [1.165, 1.54) is 0 Å². The quantitative estimate of drug-likeness (QED) is 0.838. The van der Waals surface area contributed by atoms with Crippen LogP contribution in [0.15, 0.2) is 12.3 Å². The van der Waals surface area contributed by atoms with Crippen LogP contribution in [0.25, 0.3) is 0 Å². The Balaban J connectivity index is 1.61. The molecule has 0 radical (unpaired) electrons. The first-order valence-electron chi connectivity index (χ1n) is 8.46. The molecule has 1 unspecified atom stereocenters. The van der Waals surface area contributed by atoms with Gasteiger partial charge < -0.3 is 20.2 Å². The molecule has 2 fully saturated rings. The molecule has 126 valence electrons. The molecular formula is C16H25N5O2. The number of carbonyl (C=O) groups excluding carboxylic acids is 1. The summed E-state index contributed by atoms with van der Waals surface area (Å²) in [5.41, 5.74) is 0. The Hall–Kier alpha value is -1.89. The van der Waals surface area contributed by atoms with Gasteiger partial charge in [-0.3, -0.25) is 4.79 Å². The molecule has 0 aliphatic carbocycles. The van der Waals surface area contributed by atoms with Crippen molar-refractivity contribution in [3.8, 4) is 0 Å². The number of aliphatic hydroxyl groups is 1. The van der Waals surface area contributed by atoms with Crippen molar-refractivity contribution in [2.75, 3.05) is 36.4 Å². The third kappa shape index (κ3) is 3.90. The molecule has 0 bridgehead atoms. The lowest BCUT2D eigenvalue weighted by Gasteiger charge is -2.30. The summed E-state index contributed by atoms with van der Waals surface area (Å²) in [5, 5.41) is 12.9. The van der Waals surface area contributed by atoms with Gasteiger partial charge >= 0.3 is 0 Å². The standard InChI is InChI=1S/C16H25N5O2/c1-2-7-21-11-12(10-15(21)23)18-16-17-6-3-14(19-16)20-8-4-13(22)5-9-20/h3,6,12-13,22H,2,4-5,7-11H2,1H3,(H,17,18,19). The highest BCUT2D eigenvalue weighted by Gasteiger charge is 2.29. The molecule has 7 nitrogen and oxygen atoms in total. The second-order valence-electron chi connectivity index (χ2n) is 6.34. The summed E-state index contributed by atoms with van der Waals surface area (Å²) in [7, 11) is 0. The minimum Gasteiger partial charge on any atom is -0.393 e. The summed E-state index contributed by atoms with van der Waals surface area (Å²) in [5.74, 6) is 1.65. The van der Waals surface area contributed by atoms with Gasteiger partial charge in [0.25, 0.3) is 0 Å². The lowest BCUT2D eigenvalue weighted by molar-refractivity contribution is -0.127. The lowest BCUT2D eigenvalue weighted by atomic mass is 10.1. The highest BCUT2D eigenvalue weighted by Crippen LogP contribution is 2.20. The Labute approximate surface area is 136 Å². The first kappa shape index (κ1) is 16.0. The van der Waals surface area contributed by atoms with Crippen LogP contribution in [0.5, 0.6) is 0 Å². The van der Waals surface area contributed by atoms with Crippen LogP contribution in [0.1, 0.15) is 32.6 Å². The maximum atomic E-state index is 11.9. The molecule has 2 N–H and O–H groups in total. The normalized spacial score (nSPS) is 22.7. The third-order valence-corrected chi connectivity index (χ3v) is 4.47. The summed E-state index contributed by atoms with van der Waals surface area (Å²) in [4.78, 5) is 24.8. The average molecular weight is 319 g/mol. The second kappa shape index (κ2) is 7.12. The maximum absolute atomic E-state index is 11.9. The van der Waals surface area contributed by atoms with E-state index in [1.54, 1.807) is 6.20 Å². The zero-order valence-corrected chi connectivity index (χ0v) is 13.6. The number of rotatable bonds is 5. The molecule has 2 aliphatic heterocycles. The van der Waals surface area contributed by atoms with E-state index in [-0.39, 0.29) is 18.1 Å². The van der Waals surface area contributed by atoms with Crippen LogP contribution in [-0.4, -0.2) is 64.2 Å². The zero-order valence-electron chi connectivity index (χ0n) is 13.6. The Kier molecular flexibility index (Phi) is 4.95. The SMILES string of the molecule is CCCN1CC(Nc2nccc(N3CCC(O)CC3)n2)CC1=O. The van der Waals surface area contributed by atoms with Gasteiger partial charge in [0.2, 0.25) is 11.9 Å². The number of likely N-dealkylation sites (tertiary alicyclic amines) is 1. The molecule has 1 amide bonds. The molecule has 2 aliphatic rings. The van der Waals surface area contributed by atoms with Crippen molar-refractivity contribution in [1.82, 2.24) is 14.9 Å². The Morgan fingerprint density at radius 3 is 2.91 bits per heavy atom. The molecule has 3 heterocycles. The molecule has 0 spiro atoms. The lowest BCUT2D eigenvalue weighted by Crippen LogP contribution is -2.36. The van der Waals surface area contributed by atoms with Crippen molar-refractivity contribution in [2.45, 2.75) is 44.8 Å².